The molecule has 0 amide bonds. The molecule has 2 heterocycles. The molecule has 2 aromatic heterocycles. The van der Waals surface area contributed by atoms with Gasteiger partial charge in [0.05, 0.1) is 23.2 Å². The molecule has 0 atom stereocenters. The van der Waals surface area contributed by atoms with E-state index >= 15 is 0 Å². The number of carbonyl (C=O) groups is 1. The number of ether oxygens (including phenoxy) is 1. The van der Waals surface area contributed by atoms with E-state index in [-0.39, 0.29) is 16.9 Å². The van der Waals surface area contributed by atoms with Crippen molar-refractivity contribution < 1.29 is 18.3 Å². The van der Waals surface area contributed by atoms with Crippen molar-refractivity contribution in [2.45, 2.75) is 0 Å². The van der Waals surface area contributed by atoms with Crippen LogP contribution < -0.4 is 5.73 Å². The third kappa shape index (κ3) is 2.04. The number of methoxy groups -OCH3 is 1. The standard InChI is InChI=1S/C13H9F2N3O2S/c1-20-13(19)11-12-18(5-17-11)4-8(21-12)9-6(14)2-3-7(16)10(9)15/h2-5H,16H2,1H3. The van der Waals surface area contributed by atoms with Gasteiger partial charge in [-0.3, -0.25) is 4.40 Å². The molecule has 3 aromatic rings. The Bertz CT molecular complexity index is 857. The predicted molar refractivity (Wildman–Crippen MR) is 74.2 cm³/mol. The van der Waals surface area contributed by atoms with Gasteiger partial charge in [0.2, 0.25) is 0 Å². The van der Waals surface area contributed by atoms with Gasteiger partial charge in [-0.15, -0.1) is 11.3 Å². The number of halogens is 2. The molecular formula is C13H9F2N3O2S. The molecule has 3 rings (SSSR count). The fourth-order valence-corrected chi connectivity index (χ4v) is 3.05. The average Bonchev–Trinajstić information content (AvgIpc) is 3.02. The molecule has 0 aliphatic rings. The van der Waals surface area contributed by atoms with E-state index < -0.39 is 17.6 Å². The van der Waals surface area contributed by atoms with Gasteiger partial charge in [-0.05, 0) is 12.1 Å². The Kier molecular flexibility index (Phi) is 3.09. The minimum Gasteiger partial charge on any atom is -0.464 e. The molecule has 0 unspecified atom stereocenters. The summed E-state index contributed by atoms with van der Waals surface area (Å²) in [6.07, 6.45) is 2.87. The van der Waals surface area contributed by atoms with Gasteiger partial charge in [0.15, 0.2) is 11.5 Å². The first kappa shape index (κ1) is 13.5. The number of nitrogen functional groups attached to an aromatic ring is 1. The second kappa shape index (κ2) is 4.81. The summed E-state index contributed by atoms with van der Waals surface area (Å²) in [5.41, 5.74) is 5.20. The highest BCUT2D eigenvalue weighted by molar-refractivity contribution is 7.21. The van der Waals surface area contributed by atoms with Crippen LogP contribution in [0.2, 0.25) is 0 Å². The summed E-state index contributed by atoms with van der Waals surface area (Å²) in [6.45, 7) is 0. The second-order valence-corrected chi connectivity index (χ2v) is 5.25. The maximum absolute atomic E-state index is 14.0. The van der Waals surface area contributed by atoms with Crippen molar-refractivity contribution in [1.29, 1.82) is 0 Å². The molecule has 0 aliphatic carbocycles. The average molecular weight is 309 g/mol. The van der Waals surface area contributed by atoms with Crippen molar-refractivity contribution in [3.05, 3.63) is 42.0 Å². The topological polar surface area (TPSA) is 69.6 Å². The zero-order valence-corrected chi connectivity index (χ0v) is 11.6. The lowest BCUT2D eigenvalue weighted by Crippen LogP contribution is -2.01. The molecule has 8 heteroatoms. The number of fused-ring (bicyclic) bond motifs is 1. The third-order valence-electron chi connectivity index (χ3n) is 2.96. The van der Waals surface area contributed by atoms with Crippen molar-refractivity contribution in [3.63, 3.8) is 0 Å². The SMILES string of the molecule is COC(=O)c1ncn2cc(-c3c(F)ccc(N)c3F)sc12. The summed E-state index contributed by atoms with van der Waals surface area (Å²) in [7, 11) is 1.24. The summed E-state index contributed by atoms with van der Waals surface area (Å²) < 4.78 is 34.0. The molecule has 0 saturated heterocycles. The van der Waals surface area contributed by atoms with Crippen LogP contribution in [0.15, 0.2) is 24.7 Å². The lowest BCUT2D eigenvalue weighted by molar-refractivity contribution is 0.0597. The van der Waals surface area contributed by atoms with Gasteiger partial charge in [0.1, 0.15) is 17.0 Å². The van der Waals surface area contributed by atoms with Crippen molar-refractivity contribution in [2.24, 2.45) is 0 Å². The van der Waals surface area contributed by atoms with E-state index in [1.165, 1.54) is 24.0 Å². The number of aromatic nitrogens is 2. The summed E-state index contributed by atoms with van der Waals surface area (Å²) >= 11 is 1.03. The zero-order valence-electron chi connectivity index (χ0n) is 10.8. The van der Waals surface area contributed by atoms with Crippen LogP contribution in [0.1, 0.15) is 10.5 Å². The van der Waals surface area contributed by atoms with Crippen molar-refractivity contribution in [2.75, 3.05) is 12.8 Å². The normalized spacial score (nSPS) is 11.0. The highest BCUT2D eigenvalue weighted by atomic mass is 32.1. The molecule has 1 aromatic carbocycles. The maximum atomic E-state index is 14.0. The van der Waals surface area contributed by atoms with Crippen LogP contribution in [0, 0.1) is 11.6 Å². The first-order chi connectivity index (χ1) is 10.0. The Balaban J connectivity index is 2.21. The van der Waals surface area contributed by atoms with Gasteiger partial charge in [-0.1, -0.05) is 0 Å². The number of nitrogens with two attached hydrogens (primary N) is 1. The Morgan fingerprint density at radius 1 is 1.43 bits per heavy atom. The number of nitrogens with zero attached hydrogens (tertiary/aromatic N) is 2. The quantitative estimate of drug-likeness (QED) is 0.584. The molecular weight excluding hydrogens is 300 g/mol. The van der Waals surface area contributed by atoms with Crippen LogP contribution in [0.5, 0.6) is 0 Å². The Hall–Kier alpha value is -2.48. The number of esters is 1. The lowest BCUT2D eigenvalue weighted by Gasteiger charge is -2.04. The molecule has 2 N–H and O–H groups in total. The van der Waals surface area contributed by atoms with Crippen molar-refractivity contribution in [3.8, 4) is 10.4 Å². The van der Waals surface area contributed by atoms with Crippen LogP contribution in [-0.2, 0) is 4.74 Å². The number of benzene rings is 1. The van der Waals surface area contributed by atoms with Gasteiger partial charge < -0.3 is 10.5 Å². The van der Waals surface area contributed by atoms with Crippen LogP contribution in [0.4, 0.5) is 14.5 Å². The molecule has 108 valence electrons. The number of imidazole rings is 1. The van der Waals surface area contributed by atoms with Gasteiger partial charge in [0.25, 0.3) is 0 Å². The van der Waals surface area contributed by atoms with E-state index in [2.05, 4.69) is 9.72 Å². The van der Waals surface area contributed by atoms with Gasteiger partial charge in [0, 0.05) is 6.20 Å². The minimum atomic E-state index is -0.827. The van der Waals surface area contributed by atoms with Crippen LogP contribution in [-0.4, -0.2) is 22.5 Å². The predicted octanol–water partition coefficient (Wildman–Crippen LogP) is 2.71. The van der Waals surface area contributed by atoms with Crippen LogP contribution >= 0.6 is 11.3 Å². The largest absolute Gasteiger partial charge is 0.464 e. The first-order valence-electron chi connectivity index (χ1n) is 5.81. The highest BCUT2D eigenvalue weighted by Crippen LogP contribution is 2.35. The molecule has 0 fully saturated rings. The molecule has 21 heavy (non-hydrogen) atoms. The van der Waals surface area contributed by atoms with Crippen LogP contribution in [0.3, 0.4) is 0 Å². The summed E-state index contributed by atoms with van der Waals surface area (Å²) in [5, 5.41) is 0. The van der Waals surface area contributed by atoms with E-state index in [0.29, 0.717) is 9.71 Å². The van der Waals surface area contributed by atoms with E-state index in [1.807, 2.05) is 0 Å². The van der Waals surface area contributed by atoms with Gasteiger partial charge >= 0.3 is 5.97 Å². The van der Waals surface area contributed by atoms with Gasteiger partial charge in [-0.2, -0.15) is 0 Å². The third-order valence-corrected chi connectivity index (χ3v) is 4.08. The Morgan fingerprint density at radius 3 is 2.90 bits per heavy atom. The van der Waals surface area contributed by atoms with Gasteiger partial charge in [-0.25, -0.2) is 18.6 Å². The molecule has 0 spiro atoms. The van der Waals surface area contributed by atoms with Crippen LogP contribution in [0.25, 0.3) is 15.3 Å². The van der Waals surface area contributed by atoms with E-state index in [9.17, 15) is 13.6 Å². The second-order valence-electron chi connectivity index (χ2n) is 4.22. The number of hydrogen-bond donors (Lipinski definition) is 1. The number of anilines is 1. The number of carbonyl (C=O) groups excluding carboxylic acids is 1. The molecule has 5 nitrogen and oxygen atoms in total. The van der Waals surface area contributed by atoms with E-state index in [1.54, 1.807) is 0 Å². The molecule has 0 radical (unpaired) electrons. The monoisotopic (exact) mass is 309 g/mol. The van der Waals surface area contributed by atoms with Crippen molar-refractivity contribution >= 4 is 27.8 Å². The summed E-state index contributed by atoms with van der Waals surface area (Å²) in [4.78, 5) is 16.2. The number of hydrogen-bond acceptors (Lipinski definition) is 5. The van der Waals surface area contributed by atoms with E-state index in [4.69, 9.17) is 5.73 Å². The Morgan fingerprint density at radius 2 is 2.19 bits per heavy atom. The highest BCUT2D eigenvalue weighted by Gasteiger charge is 2.21. The fourth-order valence-electron chi connectivity index (χ4n) is 1.95. The van der Waals surface area contributed by atoms with Crippen molar-refractivity contribution in [1.82, 2.24) is 9.38 Å². The summed E-state index contributed by atoms with van der Waals surface area (Å²) in [6, 6.07) is 2.26. The molecule has 0 saturated carbocycles. The van der Waals surface area contributed by atoms with E-state index in [0.717, 1.165) is 23.5 Å². The first-order valence-corrected chi connectivity index (χ1v) is 6.63. The fraction of sp³-hybridized carbons (Fsp3) is 0.0769. The maximum Gasteiger partial charge on any atom is 0.359 e. The molecule has 0 bridgehead atoms. The smallest absolute Gasteiger partial charge is 0.359 e. The minimum absolute atomic E-state index is 0.0958. The lowest BCUT2D eigenvalue weighted by atomic mass is 10.1. The zero-order chi connectivity index (χ0) is 15.1. The summed E-state index contributed by atoms with van der Waals surface area (Å²) in [5.74, 6) is -2.16. The Labute approximate surface area is 121 Å². The molecule has 0 aliphatic heterocycles. The number of rotatable bonds is 2. The number of thiazole rings is 1.